The summed E-state index contributed by atoms with van der Waals surface area (Å²) in [6.07, 6.45) is 7.26. The molecule has 186 valence electrons. The van der Waals surface area contributed by atoms with E-state index in [1.807, 2.05) is 24.3 Å². The van der Waals surface area contributed by atoms with Gasteiger partial charge in [-0.2, -0.15) is 4.31 Å². The number of hydrogen-bond acceptors (Lipinski definition) is 5. The Morgan fingerprint density at radius 1 is 0.857 bits per heavy atom. The second kappa shape index (κ2) is 10.1. The molecule has 2 aromatic rings. The van der Waals surface area contributed by atoms with Gasteiger partial charge in [-0.05, 0) is 78.6 Å². The number of phenolic OH excluding ortho intramolecular Hbond substituents is 1. The summed E-state index contributed by atoms with van der Waals surface area (Å²) in [6, 6.07) is 12.8. The highest BCUT2D eigenvalue weighted by atomic mass is 32.2. The Kier molecular flexibility index (Phi) is 6.95. The number of piperazine rings is 1. The van der Waals surface area contributed by atoms with Gasteiger partial charge in [0.05, 0.1) is 11.4 Å². The molecular formula is C27H33N3O4S. The van der Waals surface area contributed by atoms with E-state index in [1.165, 1.54) is 21.9 Å². The van der Waals surface area contributed by atoms with Crippen LogP contribution in [0.4, 0.5) is 0 Å². The number of benzene rings is 2. The minimum atomic E-state index is -3.55. The quantitative estimate of drug-likeness (QED) is 0.690. The standard InChI is InChI=1S/C27H33N3O4S/c31-25-8-5-22(6-9-25)23-11-13-28(14-12-23)20-27(32)29-15-17-30(18-16-29)35(33,34)26-10-7-21-3-1-2-4-24(21)19-26/h5-11,19,31H,1-4,12-18,20H2. The summed E-state index contributed by atoms with van der Waals surface area (Å²) in [4.78, 5) is 17.2. The molecule has 2 aromatic carbocycles. The van der Waals surface area contributed by atoms with Crippen molar-refractivity contribution in [2.45, 2.75) is 37.0 Å². The molecule has 5 rings (SSSR count). The molecule has 1 fully saturated rings. The lowest BCUT2D eigenvalue weighted by Gasteiger charge is -2.35. The minimum Gasteiger partial charge on any atom is -0.508 e. The first kappa shape index (κ1) is 24.0. The molecule has 7 nitrogen and oxygen atoms in total. The van der Waals surface area contributed by atoms with Gasteiger partial charge in [0.1, 0.15) is 5.75 Å². The zero-order valence-electron chi connectivity index (χ0n) is 20.0. The zero-order valence-corrected chi connectivity index (χ0v) is 20.8. The van der Waals surface area contributed by atoms with Gasteiger partial charge in [-0.15, -0.1) is 0 Å². The maximum absolute atomic E-state index is 13.2. The normalized spacial score (nSPS) is 19.8. The first-order valence-electron chi connectivity index (χ1n) is 12.5. The van der Waals surface area contributed by atoms with Crippen LogP contribution in [0.3, 0.4) is 0 Å². The summed E-state index contributed by atoms with van der Waals surface area (Å²) in [5.74, 6) is 0.310. The van der Waals surface area contributed by atoms with Crippen molar-refractivity contribution in [3.05, 3.63) is 65.2 Å². The topological polar surface area (TPSA) is 81.2 Å². The van der Waals surface area contributed by atoms with Gasteiger partial charge in [-0.3, -0.25) is 9.69 Å². The van der Waals surface area contributed by atoms with Gasteiger partial charge in [-0.25, -0.2) is 8.42 Å². The number of carbonyl (C=O) groups is 1. The predicted molar refractivity (Wildman–Crippen MR) is 136 cm³/mol. The van der Waals surface area contributed by atoms with E-state index in [9.17, 15) is 18.3 Å². The fourth-order valence-corrected chi connectivity index (χ4v) is 6.75. The van der Waals surface area contributed by atoms with Crippen molar-refractivity contribution in [1.82, 2.24) is 14.1 Å². The van der Waals surface area contributed by atoms with Gasteiger partial charge >= 0.3 is 0 Å². The maximum Gasteiger partial charge on any atom is 0.243 e. The van der Waals surface area contributed by atoms with Crippen molar-refractivity contribution in [2.24, 2.45) is 0 Å². The number of aromatic hydroxyl groups is 1. The van der Waals surface area contributed by atoms with E-state index in [0.29, 0.717) is 44.2 Å². The summed E-state index contributed by atoms with van der Waals surface area (Å²) in [5.41, 5.74) is 4.77. The van der Waals surface area contributed by atoms with E-state index in [4.69, 9.17) is 0 Å². The molecule has 0 spiro atoms. The summed E-state index contributed by atoms with van der Waals surface area (Å²) in [5, 5.41) is 9.48. The third-order valence-electron chi connectivity index (χ3n) is 7.44. The monoisotopic (exact) mass is 495 g/mol. The highest BCUT2D eigenvalue weighted by Crippen LogP contribution is 2.27. The Morgan fingerprint density at radius 3 is 2.26 bits per heavy atom. The van der Waals surface area contributed by atoms with Crippen LogP contribution in [0, 0.1) is 0 Å². The Balaban J connectivity index is 1.14. The molecule has 1 amide bonds. The van der Waals surface area contributed by atoms with E-state index in [2.05, 4.69) is 11.0 Å². The number of carbonyl (C=O) groups excluding carboxylic acids is 1. The Morgan fingerprint density at radius 2 is 1.57 bits per heavy atom. The highest BCUT2D eigenvalue weighted by molar-refractivity contribution is 7.89. The number of amides is 1. The molecule has 1 N–H and O–H groups in total. The first-order chi connectivity index (χ1) is 16.9. The number of sulfonamides is 1. The van der Waals surface area contributed by atoms with E-state index < -0.39 is 10.0 Å². The lowest BCUT2D eigenvalue weighted by Crippen LogP contribution is -2.52. The van der Waals surface area contributed by atoms with Crippen LogP contribution in [-0.2, 0) is 27.7 Å². The molecule has 2 heterocycles. The molecule has 0 atom stereocenters. The van der Waals surface area contributed by atoms with Crippen LogP contribution in [0.15, 0.2) is 53.4 Å². The average Bonchev–Trinajstić information content (AvgIpc) is 2.89. The number of fused-ring (bicyclic) bond motifs is 1. The molecule has 0 bridgehead atoms. The summed E-state index contributed by atoms with van der Waals surface area (Å²) < 4.78 is 28.0. The van der Waals surface area contributed by atoms with Gasteiger partial charge in [0.2, 0.25) is 15.9 Å². The fraction of sp³-hybridized carbons (Fsp3) is 0.444. The second-order valence-electron chi connectivity index (χ2n) is 9.68. The van der Waals surface area contributed by atoms with Gasteiger partial charge in [0, 0.05) is 39.3 Å². The highest BCUT2D eigenvalue weighted by Gasteiger charge is 2.31. The molecular weight excluding hydrogens is 462 g/mol. The van der Waals surface area contributed by atoms with Crippen molar-refractivity contribution in [3.63, 3.8) is 0 Å². The number of rotatable bonds is 5. The molecule has 2 aliphatic heterocycles. The number of phenols is 1. The van der Waals surface area contributed by atoms with Crippen molar-refractivity contribution < 1.29 is 18.3 Å². The van der Waals surface area contributed by atoms with Gasteiger partial charge in [0.25, 0.3) is 0 Å². The predicted octanol–water partition coefficient (Wildman–Crippen LogP) is 2.89. The molecule has 1 saturated heterocycles. The van der Waals surface area contributed by atoms with E-state index in [1.54, 1.807) is 23.1 Å². The Hall–Kier alpha value is -2.68. The van der Waals surface area contributed by atoms with Gasteiger partial charge in [0.15, 0.2) is 0 Å². The average molecular weight is 496 g/mol. The molecule has 0 radical (unpaired) electrons. The van der Waals surface area contributed by atoms with Crippen LogP contribution in [0.2, 0.25) is 0 Å². The van der Waals surface area contributed by atoms with Crippen LogP contribution in [-0.4, -0.2) is 79.3 Å². The SMILES string of the molecule is O=C(CN1CC=C(c2ccc(O)cc2)CC1)N1CCN(S(=O)(=O)c2ccc3c(c2)CCCC3)CC1. The summed E-state index contributed by atoms with van der Waals surface area (Å²) in [7, 11) is -3.55. The number of aryl methyl sites for hydroxylation is 2. The summed E-state index contributed by atoms with van der Waals surface area (Å²) in [6.45, 7) is 3.35. The smallest absolute Gasteiger partial charge is 0.243 e. The van der Waals surface area contributed by atoms with Crippen LogP contribution < -0.4 is 0 Å². The molecule has 35 heavy (non-hydrogen) atoms. The molecule has 1 aliphatic carbocycles. The first-order valence-corrected chi connectivity index (χ1v) is 13.9. The molecule has 3 aliphatic rings. The lowest BCUT2D eigenvalue weighted by atomic mass is 9.92. The van der Waals surface area contributed by atoms with Gasteiger partial charge < -0.3 is 10.0 Å². The van der Waals surface area contributed by atoms with Crippen molar-refractivity contribution in [2.75, 3.05) is 45.8 Å². The Bertz CT molecular complexity index is 1220. The zero-order chi connectivity index (χ0) is 24.4. The van der Waals surface area contributed by atoms with Crippen LogP contribution in [0.5, 0.6) is 5.75 Å². The van der Waals surface area contributed by atoms with Gasteiger partial charge in [-0.1, -0.05) is 24.3 Å². The third kappa shape index (κ3) is 5.29. The lowest BCUT2D eigenvalue weighted by molar-refractivity contribution is -0.133. The number of nitrogens with zero attached hydrogens (tertiary/aromatic N) is 3. The third-order valence-corrected chi connectivity index (χ3v) is 9.33. The molecule has 0 aromatic heterocycles. The van der Waals surface area contributed by atoms with Crippen LogP contribution >= 0.6 is 0 Å². The van der Waals surface area contributed by atoms with E-state index in [0.717, 1.165) is 43.4 Å². The van der Waals surface area contributed by atoms with Crippen LogP contribution in [0.1, 0.15) is 36.0 Å². The minimum absolute atomic E-state index is 0.0531. The van der Waals surface area contributed by atoms with E-state index >= 15 is 0 Å². The van der Waals surface area contributed by atoms with Crippen molar-refractivity contribution >= 4 is 21.5 Å². The largest absolute Gasteiger partial charge is 0.508 e. The van der Waals surface area contributed by atoms with Crippen molar-refractivity contribution in [1.29, 1.82) is 0 Å². The fourth-order valence-electron chi connectivity index (χ4n) is 5.28. The van der Waals surface area contributed by atoms with Crippen LogP contribution in [0.25, 0.3) is 5.57 Å². The Labute approximate surface area is 207 Å². The molecule has 8 heteroatoms. The number of hydrogen-bond donors (Lipinski definition) is 1. The molecule has 0 saturated carbocycles. The summed E-state index contributed by atoms with van der Waals surface area (Å²) >= 11 is 0. The van der Waals surface area contributed by atoms with E-state index in [-0.39, 0.29) is 11.7 Å². The molecule has 0 unspecified atom stereocenters. The van der Waals surface area contributed by atoms with Crippen molar-refractivity contribution in [3.8, 4) is 5.75 Å². The second-order valence-corrected chi connectivity index (χ2v) is 11.6. The maximum atomic E-state index is 13.2.